The minimum absolute atomic E-state index is 0. The van der Waals surface area contributed by atoms with E-state index in [0.717, 1.165) is 18.8 Å². The summed E-state index contributed by atoms with van der Waals surface area (Å²) in [6, 6.07) is 7.86. The minimum Gasteiger partial charge on any atom is -0.702 e. The number of rotatable bonds is 11. The molecule has 0 bridgehead atoms. The summed E-state index contributed by atoms with van der Waals surface area (Å²) < 4.78 is 89.9. The van der Waals surface area contributed by atoms with Crippen molar-refractivity contribution < 1.29 is 125 Å². The van der Waals surface area contributed by atoms with E-state index in [1.165, 1.54) is 30.6 Å². The number of likely N-dealkylation sites (N-methyl/N-ethyl adjacent to an activating group) is 1. The van der Waals surface area contributed by atoms with Gasteiger partial charge in [-0.05, 0) is 73.8 Å². The molecule has 21 nitrogen and oxygen atoms in total. The molecule has 0 saturated carbocycles. The molecule has 4 atom stereocenters. The number of ether oxygens (including phenoxy) is 2. The maximum absolute atomic E-state index is 13.8. The number of hydrogen-bond donors (Lipinski definition) is 4. The first-order chi connectivity index (χ1) is 36.3. The zero-order valence-corrected chi connectivity index (χ0v) is 45.6. The van der Waals surface area contributed by atoms with E-state index in [1.54, 1.807) is 36.4 Å². The van der Waals surface area contributed by atoms with Crippen LogP contribution in [0.1, 0.15) is 119 Å². The predicted molar refractivity (Wildman–Crippen MR) is 259 cm³/mol. The molecule has 6 amide bonds. The van der Waals surface area contributed by atoms with Crippen molar-refractivity contribution in [2.24, 2.45) is 0 Å². The molecular formula is C49H63BF5N6NaO15. The molecule has 0 aromatic heterocycles. The number of halogens is 5. The molecule has 4 fully saturated rings. The number of aliphatic carboxylic acids is 1. The summed E-state index contributed by atoms with van der Waals surface area (Å²) in [7, 11) is -0.301. The molecule has 6 aliphatic rings. The van der Waals surface area contributed by atoms with Crippen molar-refractivity contribution in [1.29, 1.82) is 0 Å². The standard InChI is InChI=1S/C21H25F2N3O4.C19H21F2N3O4.C4H6BO4.C2H4O2.C2H4O.CH3F.Na/c1-2-25-8-7-21(22,23)10-14(25)12-30-15-3-4-16-13(9-15)11-26(20(16)29)17-5-6-18(27)24-19(17)28;20-19(21)5-6-22-12(8-19)10-28-13-1-2-14-11(7-13)9-24(18(14)27)15-3-4-16(25)23-17(15)26;1-3(6)8-5-9-4(2)7;1-2(3)4;1-2-3;1-2;/h3-4,9,14,17H,2,5-8,10-12H2,1H3,(H,24,27,28);1-2,7,12,15,22H,3-6,8-10H2,(H,23,25,26);1-2H3;1H3,(H,3,4);2H,1H3;1H3;/q;;-1;;;;+1/i;;;;;1D;. The summed E-state index contributed by atoms with van der Waals surface area (Å²) in [6.45, 7) is 8.92. The van der Waals surface area contributed by atoms with Crippen LogP contribution in [0.2, 0.25) is 0 Å². The molecule has 28 heteroatoms. The van der Waals surface area contributed by atoms with Crippen LogP contribution in [0.5, 0.6) is 11.5 Å². The first kappa shape index (κ1) is 65.3. The molecular weight excluding hydrogens is 1040 g/mol. The van der Waals surface area contributed by atoms with E-state index in [4.69, 9.17) is 25.5 Å². The number of nitrogens with zero attached hydrogens (tertiary/aromatic N) is 3. The fourth-order valence-electron chi connectivity index (χ4n) is 8.59. The van der Waals surface area contributed by atoms with E-state index in [1.807, 2.05) is 11.8 Å². The SMILES string of the molecule is CC(=O)O.CC(=O)O[B-]OC(C)=O.CC=O.CCN1CCC(F)(F)CC1COc1ccc2c(c1)CN(C1CCC(=O)NC1=O)C2=O.O=C1CCC(N2Cc3cc(OCC4CC(F)(F)CCN4)ccc3C2=O)C(=O)N1.[2H]CF.[Na+]. The smallest absolute Gasteiger partial charge is 0.702 e. The molecule has 4 saturated heterocycles. The van der Waals surface area contributed by atoms with Gasteiger partial charge in [-0.3, -0.25) is 63.1 Å². The van der Waals surface area contributed by atoms with Crippen LogP contribution in [-0.4, -0.2) is 163 Å². The number of fused-ring (bicyclic) bond motifs is 2. The van der Waals surface area contributed by atoms with Crippen LogP contribution in [0, 0.1) is 0 Å². The molecule has 0 aliphatic carbocycles. The zero-order valence-electron chi connectivity index (χ0n) is 44.6. The average Bonchev–Trinajstić information content (AvgIpc) is 3.85. The third kappa shape index (κ3) is 21.4. The number of alkyl halides is 5. The van der Waals surface area contributed by atoms with Gasteiger partial charge in [0, 0.05) is 109 Å². The van der Waals surface area contributed by atoms with Crippen LogP contribution in [-0.2, 0) is 60.8 Å². The van der Waals surface area contributed by atoms with Crippen LogP contribution in [0.3, 0.4) is 0 Å². The van der Waals surface area contributed by atoms with Gasteiger partial charge < -0.3 is 43.8 Å². The van der Waals surface area contributed by atoms with Gasteiger partial charge in [0.2, 0.25) is 23.6 Å². The molecule has 0 spiro atoms. The van der Waals surface area contributed by atoms with E-state index in [-0.39, 0.29) is 131 Å². The number of carboxylic acid groups (broad SMARTS) is 1. The fourth-order valence-corrected chi connectivity index (χ4v) is 8.59. The molecule has 8 rings (SSSR count). The Bertz CT molecular complexity index is 2430. The van der Waals surface area contributed by atoms with Gasteiger partial charge in [0.1, 0.15) is 50.8 Å². The summed E-state index contributed by atoms with van der Waals surface area (Å²) in [6.07, 6.45) is 0.961. The predicted octanol–water partition coefficient (Wildman–Crippen LogP) is 0.692. The van der Waals surface area contributed by atoms with E-state index in [0.29, 0.717) is 61.8 Å². The van der Waals surface area contributed by atoms with Crippen LogP contribution in [0.4, 0.5) is 22.0 Å². The van der Waals surface area contributed by atoms with Gasteiger partial charge in [0.15, 0.2) is 0 Å². The number of piperidine rings is 4. The van der Waals surface area contributed by atoms with E-state index in [9.17, 15) is 60.3 Å². The van der Waals surface area contributed by atoms with Crippen molar-refractivity contribution in [3.05, 3.63) is 58.7 Å². The molecule has 2 radical (unpaired) electrons. The van der Waals surface area contributed by atoms with Gasteiger partial charge in [0.25, 0.3) is 41.6 Å². The number of nitrogens with one attached hydrogen (secondary N) is 3. The monoisotopic (exact) mass is 1110 g/mol. The second-order valence-corrected chi connectivity index (χ2v) is 17.7. The summed E-state index contributed by atoms with van der Waals surface area (Å²) >= 11 is 0. The van der Waals surface area contributed by atoms with Gasteiger partial charge in [-0.2, -0.15) is 0 Å². The topological polar surface area (TPSA) is 274 Å². The Balaban J connectivity index is 0.000000400. The number of carboxylic acids is 1. The third-order valence-electron chi connectivity index (χ3n) is 12.0. The number of likely N-dealkylation sites (tertiary alicyclic amines) is 1. The second kappa shape index (κ2) is 32.0. The Kier molecular flexibility index (Phi) is 27.1. The number of aldehydes is 1. The Labute approximate surface area is 465 Å². The van der Waals surface area contributed by atoms with Gasteiger partial charge in [-0.25, -0.2) is 17.6 Å². The number of imide groups is 2. The first-order valence-corrected chi connectivity index (χ1v) is 23.9. The molecule has 2 aromatic rings. The number of hydrogen-bond acceptors (Lipinski definition) is 16. The van der Waals surface area contributed by atoms with Crippen LogP contribution in [0.25, 0.3) is 0 Å². The van der Waals surface area contributed by atoms with Gasteiger partial charge >= 0.3 is 29.6 Å². The van der Waals surface area contributed by atoms with Crippen LogP contribution < -0.4 is 55.0 Å². The molecule has 6 heterocycles. The molecule has 418 valence electrons. The molecule has 4 unspecified atom stereocenters. The molecule has 2 aromatic carbocycles. The Morgan fingerprint density at radius 3 is 1.61 bits per heavy atom. The van der Waals surface area contributed by atoms with Crippen LogP contribution >= 0.6 is 0 Å². The number of benzene rings is 2. The summed E-state index contributed by atoms with van der Waals surface area (Å²) in [4.78, 5) is 115. The summed E-state index contributed by atoms with van der Waals surface area (Å²) in [5.74, 6) is -8.30. The normalized spacial score (nSPS) is 21.8. The van der Waals surface area contributed by atoms with Gasteiger partial charge in [-0.15, -0.1) is 0 Å². The Morgan fingerprint density at radius 1 is 0.779 bits per heavy atom. The largest absolute Gasteiger partial charge is 1.00 e. The van der Waals surface area contributed by atoms with E-state index >= 15 is 0 Å². The summed E-state index contributed by atoms with van der Waals surface area (Å²) in [5.41, 5.74) is 2.42. The fraction of sp³-hybridized carbons (Fsp3) is 0.551. The van der Waals surface area contributed by atoms with Gasteiger partial charge in [-0.1, -0.05) is 6.92 Å². The maximum Gasteiger partial charge on any atom is 1.00 e. The van der Waals surface area contributed by atoms with E-state index < -0.39 is 66.8 Å². The maximum atomic E-state index is 13.8. The minimum atomic E-state index is -2.67. The number of amides is 6. The Morgan fingerprint density at radius 2 is 1.21 bits per heavy atom. The quantitative estimate of drug-likeness (QED) is 0.104. The van der Waals surface area contributed by atoms with Crippen molar-refractivity contribution in [1.82, 2.24) is 30.7 Å². The molecule has 4 N–H and O–H groups in total. The van der Waals surface area contributed by atoms with Crippen molar-refractivity contribution in [3.8, 4) is 11.5 Å². The first-order valence-electron chi connectivity index (χ1n) is 24.6. The summed E-state index contributed by atoms with van der Waals surface area (Å²) in [5, 5.41) is 15.0. The second-order valence-electron chi connectivity index (χ2n) is 17.7. The van der Waals surface area contributed by atoms with Crippen molar-refractivity contribution in [2.75, 3.05) is 40.0 Å². The van der Waals surface area contributed by atoms with Gasteiger partial charge in [0.05, 0.1) is 8.52 Å². The van der Waals surface area contributed by atoms with Crippen molar-refractivity contribution >= 4 is 67.3 Å². The molecule has 77 heavy (non-hydrogen) atoms. The zero-order chi connectivity index (χ0) is 57.6. The Hall–Kier alpha value is -6.03. The van der Waals surface area contributed by atoms with E-state index in [2.05, 4.69) is 25.3 Å². The molecule has 6 aliphatic heterocycles. The number of carbonyl (C=O) groups excluding carboxylic acids is 9. The number of carbonyl (C=O) groups is 10. The average molecular weight is 1110 g/mol. The third-order valence-corrected chi connectivity index (χ3v) is 12.0. The van der Waals surface area contributed by atoms with Crippen molar-refractivity contribution in [3.63, 3.8) is 0 Å². The van der Waals surface area contributed by atoms with Crippen LogP contribution in [0.15, 0.2) is 36.4 Å². The van der Waals surface area contributed by atoms with Crippen molar-refractivity contribution in [2.45, 2.75) is 135 Å².